The molecule has 0 aliphatic rings. The Morgan fingerprint density at radius 1 is 1.42 bits per heavy atom. The molecule has 0 unspecified atom stereocenters. The molecule has 0 amide bonds. The summed E-state index contributed by atoms with van der Waals surface area (Å²) in [5.74, 6) is 1.55. The van der Waals surface area contributed by atoms with Crippen LogP contribution in [0.5, 0.6) is 5.75 Å². The largest absolute Gasteiger partial charge is 0.484 e. The molecule has 2 aromatic rings. The van der Waals surface area contributed by atoms with Crippen molar-refractivity contribution >= 4 is 11.6 Å². The van der Waals surface area contributed by atoms with E-state index in [9.17, 15) is 0 Å². The Balaban J connectivity index is 1.99. The van der Waals surface area contributed by atoms with Crippen LogP contribution in [0.2, 0.25) is 5.02 Å². The number of rotatable bonds is 6. The number of hydrogen-bond donors (Lipinski definition) is 1. The van der Waals surface area contributed by atoms with E-state index >= 15 is 0 Å². The molecular formula is C14H18ClN3O. The van der Waals surface area contributed by atoms with E-state index < -0.39 is 0 Å². The van der Waals surface area contributed by atoms with Crippen LogP contribution in [0.1, 0.15) is 18.3 Å². The Hall–Kier alpha value is -1.52. The highest BCUT2D eigenvalue weighted by Crippen LogP contribution is 2.26. The van der Waals surface area contributed by atoms with Crippen LogP contribution in [0, 0.1) is 0 Å². The van der Waals surface area contributed by atoms with E-state index in [1.54, 1.807) is 6.20 Å². The molecule has 0 saturated carbocycles. The van der Waals surface area contributed by atoms with E-state index in [0.717, 1.165) is 24.5 Å². The lowest BCUT2D eigenvalue weighted by Gasteiger charge is -2.09. The van der Waals surface area contributed by atoms with Gasteiger partial charge in [0.05, 0.1) is 5.02 Å². The molecule has 0 aliphatic carbocycles. The average molecular weight is 280 g/mol. The molecule has 5 heteroatoms. The Morgan fingerprint density at radius 2 is 2.26 bits per heavy atom. The third-order valence-corrected chi connectivity index (χ3v) is 3.15. The maximum atomic E-state index is 6.21. The van der Waals surface area contributed by atoms with Gasteiger partial charge in [0.2, 0.25) is 0 Å². The van der Waals surface area contributed by atoms with Crippen molar-refractivity contribution in [3.8, 4) is 5.75 Å². The monoisotopic (exact) mass is 279 g/mol. The second-order valence-electron chi connectivity index (χ2n) is 4.29. The van der Waals surface area contributed by atoms with Crippen LogP contribution in [0.4, 0.5) is 0 Å². The molecule has 1 heterocycles. The summed E-state index contributed by atoms with van der Waals surface area (Å²) in [6.07, 6.45) is 3.64. The van der Waals surface area contributed by atoms with Gasteiger partial charge in [-0.25, -0.2) is 4.98 Å². The second-order valence-corrected chi connectivity index (χ2v) is 4.70. The fraction of sp³-hybridized carbons (Fsp3) is 0.357. The normalized spacial score (nSPS) is 10.7. The molecule has 0 saturated heterocycles. The molecule has 19 heavy (non-hydrogen) atoms. The molecule has 102 valence electrons. The van der Waals surface area contributed by atoms with Crippen LogP contribution in [0.3, 0.4) is 0 Å². The molecule has 0 aliphatic heterocycles. The van der Waals surface area contributed by atoms with Gasteiger partial charge in [0.1, 0.15) is 18.2 Å². The third kappa shape index (κ3) is 3.72. The first kappa shape index (κ1) is 13.9. The van der Waals surface area contributed by atoms with Gasteiger partial charge in [-0.1, -0.05) is 24.6 Å². The summed E-state index contributed by atoms with van der Waals surface area (Å²) in [5, 5.41) is 3.89. The summed E-state index contributed by atoms with van der Waals surface area (Å²) in [6, 6.07) is 5.85. The van der Waals surface area contributed by atoms with Crippen molar-refractivity contribution in [3.05, 3.63) is 47.0 Å². The van der Waals surface area contributed by atoms with Crippen molar-refractivity contribution < 1.29 is 4.74 Å². The number of hydrogen-bond acceptors (Lipinski definition) is 3. The third-order valence-electron chi connectivity index (χ3n) is 2.85. The second kappa shape index (κ2) is 6.59. The molecular weight excluding hydrogens is 262 g/mol. The van der Waals surface area contributed by atoms with Crippen LogP contribution in [-0.4, -0.2) is 16.1 Å². The highest BCUT2D eigenvalue weighted by molar-refractivity contribution is 6.32. The molecule has 1 aromatic carbocycles. The van der Waals surface area contributed by atoms with E-state index in [1.807, 2.05) is 36.0 Å². The highest BCUT2D eigenvalue weighted by atomic mass is 35.5. The number of ether oxygens (including phenoxy) is 1. The van der Waals surface area contributed by atoms with Crippen molar-refractivity contribution in [2.75, 3.05) is 6.54 Å². The van der Waals surface area contributed by atoms with E-state index in [0.29, 0.717) is 17.4 Å². The summed E-state index contributed by atoms with van der Waals surface area (Å²) in [7, 11) is 1.94. The lowest BCUT2D eigenvalue weighted by Crippen LogP contribution is -2.11. The predicted octanol–water partition coefficient (Wildman–Crippen LogP) is 2.76. The zero-order chi connectivity index (χ0) is 13.7. The minimum atomic E-state index is 0.412. The van der Waals surface area contributed by atoms with Gasteiger partial charge in [-0.05, 0) is 24.2 Å². The molecule has 0 bridgehead atoms. The highest BCUT2D eigenvalue weighted by Gasteiger charge is 2.05. The van der Waals surface area contributed by atoms with Gasteiger partial charge in [0, 0.05) is 26.0 Å². The molecule has 2 rings (SSSR count). The molecule has 1 aromatic heterocycles. The summed E-state index contributed by atoms with van der Waals surface area (Å²) < 4.78 is 7.61. The number of nitrogens with one attached hydrogen (secondary N) is 1. The topological polar surface area (TPSA) is 39.1 Å². The molecule has 0 radical (unpaired) electrons. The fourth-order valence-electron chi connectivity index (χ4n) is 1.72. The Bertz CT molecular complexity index is 539. The lowest BCUT2D eigenvalue weighted by molar-refractivity contribution is 0.292. The van der Waals surface area contributed by atoms with Crippen LogP contribution in [0.25, 0.3) is 0 Å². The Morgan fingerprint density at radius 3 is 2.89 bits per heavy atom. The smallest absolute Gasteiger partial charge is 0.146 e. The number of aryl methyl sites for hydroxylation is 1. The summed E-state index contributed by atoms with van der Waals surface area (Å²) in [6.45, 7) is 4.24. The minimum absolute atomic E-state index is 0.412. The van der Waals surface area contributed by atoms with E-state index in [-0.39, 0.29) is 0 Å². The fourth-order valence-corrected chi connectivity index (χ4v) is 1.98. The molecule has 4 nitrogen and oxygen atoms in total. The molecule has 0 spiro atoms. The van der Waals surface area contributed by atoms with Crippen molar-refractivity contribution in [1.29, 1.82) is 0 Å². The summed E-state index contributed by atoms with van der Waals surface area (Å²) in [4.78, 5) is 4.20. The van der Waals surface area contributed by atoms with E-state index in [2.05, 4.69) is 17.2 Å². The minimum Gasteiger partial charge on any atom is -0.484 e. The number of nitrogens with zero attached hydrogens (tertiary/aromatic N) is 2. The zero-order valence-corrected chi connectivity index (χ0v) is 11.9. The van der Waals surface area contributed by atoms with Gasteiger partial charge in [-0.2, -0.15) is 0 Å². The van der Waals surface area contributed by atoms with Gasteiger partial charge in [0.15, 0.2) is 0 Å². The van der Waals surface area contributed by atoms with Gasteiger partial charge >= 0.3 is 0 Å². The maximum absolute atomic E-state index is 6.21. The molecule has 0 fully saturated rings. The first-order valence-corrected chi connectivity index (χ1v) is 6.66. The summed E-state index contributed by atoms with van der Waals surface area (Å²) in [5.41, 5.74) is 1.15. The standard InChI is InChI=1S/C14H18ClN3O/c1-3-16-9-11-4-5-13(12(15)8-11)19-10-14-17-6-7-18(14)2/h4-8,16H,3,9-10H2,1-2H3. The van der Waals surface area contributed by atoms with Gasteiger partial charge in [-0.15, -0.1) is 0 Å². The van der Waals surface area contributed by atoms with Crippen molar-refractivity contribution in [1.82, 2.24) is 14.9 Å². The molecule has 0 atom stereocenters. The average Bonchev–Trinajstić information content (AvgIpc) is 2.81. The Kier molecular flexibility index (Phi) is 4.82. The number of imidazole rings is 1. The quantitative estimate of drug-likeness (QED) is 0.884. The van der Waals surface area contributed by atoms with Crippen molar-refractivity contribution in [2.45, 2.75) is 20.1 Å². The number of aromatic nitrogens is 2. The van der Waals surface area contributed by atoms with Crippen LogP contribution in [-0.2, 0) is 20.2 Å². The van der Waals surface area contributed by atoms with E-state index in [4.69, 9.17) is 16.3 Å². The van der Waals surface area contributed by atoms with Gasteiger partial charge in [-0.3, -0.25) is 0 Å². The van der Waals surface area contributed by atoms with Gasteiger partial charge in [0.25, 0.3) is 0 Å². The number of halogens is 1. The first-order chi connectivity index (χ1) is 9.20. The van der Waals surface area contributed by atoms with Crippen LogP contribution >= 0.6 is 11.6 Å². The van der Waals surface area contributed by atoms with Crippen molar-refractivity contribution in [3.63, 3.8) is 0 Å². The number of benzene rings is 1. The predicted molar refractivity (Wildman–Crippen MR) is 76.4 cm³/mol. The van der Waals surface area contributed by atoms with Gasteiger partial charge < -0.3 is 14.6 Å². The first-order valence-electron chi connectivity index (χ1n) is 6.29. The Labute approximate surface area is 118 Å². The molecule has 1 N–H and O–H groups in total. The SMILES string of the molecule is CCNCc1ccc(OCc2nccn2C)c(Cl)c1. The maximum Gasteiger partial charge on any atom is 0.146 e. The van der Waals surface area contributed by atoms with Crippen molar-refractivity contribution in [2.24, 2.45) is 7.05 Å². The summed E-state index contributed by atoms with van der Waals surface area (Å²) >= 11 is 6.21. The lowest BCUT2D eigenvalue weighted by atomic mass is 10.2. The van der Waals surface area contributed by atoms with E-state index in [1.165, 1.54) is 0 Å². The van der Waals surface area contributed by atoms with Crippen LogP contribution in [0.15, 0.2) is 30.6 Å². The van der Waals surface area contributed by atoms with Crippen LogP contribution < -0.4 is 10.1 Å². The zero-order valence-electron chi connectivity index (χ0n) is 11.2.